The van der Waals surface area contributed by atoms with E-state index in [2.05, 4.69) is 15.8 Å². The number of benzene rings is 1. The second-order valence-electron chi connectivity index (χ2n) is 4.25. The minimum absolute atomic E-state index is 0.108. The molecule has 21 heavy (non-hydrogen) atoms. The van der Waals surface area contributed by atoms with Crippen LogP contribution in [0.5, 0.6) is 11.5 Å². The predicted molar refractivity (Wildman–Crippen MR) is 80.0 cm³/mol. The van der Waals surface area contributed by atoms with Crippen molar-refractivity contribution in [2.75, 3.05) is 20.8 Å². The van der Waals surface area contributed by atoms with E-state index < -0.39 is 6.03 Å². The molecule has 1 rings (SSSR count). The summed E-state index contributed by atoms with van der Waals surface area (Å²) in [5.74, 6) is 1.20. The molecule has 7 nitrogen and oxygen atoms in total. The Morgan fingerprint density at radius 1 is 1.38 bits per heavy atom. The number of ether oxygens (including phenoxy) is 2. The Hall–Kier alpha value is -2.28. The molecule has 0 aliphatic rings. The van der Waals surface area contributed by atoms with Crippen LogP contribution in [0.3, 0.4) is 0 Å². The summed E-state index contributed by atoms with van der Waals surface area (Å²) in [7, 11) is 3.10. The largest absolute Gasteiger partial charge is 0.493 e. The molecule has 0 bridgehead atoms. The molecule has 0 saturated carbocycles. The lowest BCUT2D eigenvalue weighted by atomic mass is 10.2. The number of methoxy groups -OCH3 is 2. The summed E-state index contributed by atoms with van der Waals surface area (Å²) in [5, 5.41) is 15.4. The summed E-state index contributed by atoms with van der Waals surface area (Å²) in [5.41, 5.74) is 3.08. The van der Waals surface area contributed by atoms with Gasteiger partial charge in [0.25, 0.3) is 0 Å². The molecule has 0 heterocycles. The minimum atomic E-state index is -0.465. The highest BCUT2D eigenvalue weighted by molar-refractivity contribution is 5.82. The Morgan fingerprint density at radius 2 is 2.10 bits per heavy atom. The zero-order valence-corrected chi connectivity index (χ0v) is 12.4. The van der Waals surface area contributed by atoms with E-state index in [1.807, 2.05) is 6.92 Å². The van der Waals surface area contributed by atoms with E-state index in [1.165, 1.54) is 6.21 Å². The molecule has 1 atom stereocenters. The first kappa shape index (κ1) is 16.8. The smallest absolute Gasteiger partial charge is 0.335 e. The molecule has 0 aliphatic carbocycles. The first-order chi connectivity index (χ1) is 10.1. The molecule has 1 aromatic carbocycles. The Morgan fingerprint density at radius 3 is 2.67 bits per heavy atom. The molecule has 0 fully saturated rings. The van der Waals surface area contributed by atoms with Crippen molar-refractivity contribution >= 4 is 12.2 Å². The van der Waals surface area contributed by atoms with Crippen LogP contribution in [-0.2, 0) is 0 Å². The number of urea groups is 1. The summed E-state index contributed by atoms with van der Waals surface area (Å²) >= 11 is 0. The molecule has 116 valence electrons. The number of amides is 2. The van der Waals surface area contributed by atoms with E-state index in [0.717, 1.165) is 5.56 Å². The van der Waals surface area contributed by atoms with Gasteiger partial charge in [-0.15, -0.1) is 0 Å². The van der Waals surface area contributed by atoms with E-state index in [0.29, 0.717) is 17.9 Å². The molecule has 0 radical (unpaired) electrons. The summed E-state index contributed by atoms with van der Waals surface area (Å²) in [6.07, 6.45) is 2.13. The molecule has 0 aromatic heterocycles. The van der Waals surface area contributed by atoms with Gasteiger partial charge < -0.3 is 19.9 Å². The van der Waals surface area contributed by atoms with Gasteiger partial charge in [-0.2, -0.15) is 5.10 Å². The van der Waals surface area contributed by atoms with Gasteiger partial charge in [0, 0.05) is 0 Å². The van der Waals surface area contributed by atoms with Crippen molar-refractivity contribution < 1.29 is 19.4 Å². The number of hydrazone groups is 1. The van der Waals surface area contributed by atoms with Crippen LogP contribution in [0.4, 0.5) is 4.79 Å². The van der Waals surface area contributed by atoms with E-state index in [-0.39, 0.29) is 12.6 Å². The molecular formula is C14H21N3O4. The maximum Gasteiger partial charge on any atom is 0.335 e. The molecule has 0 aliphatic heterocycles. The Bertz CT molecular complexity index is 487. The zero-order chi connectivity index (χ0) is 15.7. The molecule has 3 N–H and O–H groups in total. The first-order valence-electron chi connectivity index (χ1n) is 6.57. The van der Waals surface area contributed by atoms with Gasteiger partial charge in [0.05, 0.1) is 33.1 Å². The lowest BCUT2D eigenvalue weighted by Gasteiger charge is -2.12. The number of nitrogens with zero attached hydrogens (tertiary/aromatic N) is 1. The van der Waals surface area contributed by atoms with Gasteiger partial charge in [0.2, 0.25) is 0 Å². The van der Waals surface area contributed by atoms with Crippen LogP contribution < -0.4 is 20.2 Å². The Labute approximate surface area is 123 Å². The van der Waals surface area contributed by atoms with Crippen molar-refractivity contribution in [3.05, 3.63) is 23.8 Å². The highest BCUT2D eigenvalue weighted by Gasteiger charge is 2.07. The van der Waals surface area contributed by atoms with Gasteiger partial charge in [-0.05, 0) is 30.2 Å². The lowest BCUT2D eigenvalue weighted by molar-refractivity contribution is 0.215. The summed E-state index contributed by atoms with van der Waals surface area (Å²) in [6.45, 7) is 1.76. The van der Waals surface area contributed by atoms with Gasteiger partial charge in [-0.25, -0.2) is 10.2 Å². The van der Waals surface area contributed by atoms with E-state index in [1.54, 1.807) is 32.4 Å². The van der Waals surface area contributed by atoms with Crippen molar-refractivity contribution in [1.29, 1.82) is 0 Å². The van der Waals surface area contributed by atoms with E-state index in [4.69, 9.17) is 14.6 Å². The predicted octanol–water partition coefficient (Wildman–Crippen LogP) is 1.11. The minimum Gasteiger partial charge on any atom is -0.493 e. The fourth-order valence-electron chi connectivity index (χ4n) is 1.59. The van der Waals surface area contributed by atoms with Crippen LogP contribution in [0.2, 0.25) is 0 Å². The first-order valence-corrected chi connectivity index (χ1v) is 6.57. The van der Waals surface area contributed by atoms with Crippen molar-refractivity contribution in [2.45, 2.75) is 19.4 Å². The number of nitrogens with one attached hydrogen (secondary N) is 2. The monoisotopic (exact) mass is 295 g/mol. The standard InChI is InChI=1S/C14H21N3O4/c1-4-11(9-18)16-14(19)17-15-8-10-5-6-12(20-2)13(7-10)21-3/h5-8,11,18H,4,9H2,1-3H3,(H2,16,17,19). The number of aliphatic hydroxyl groups is 1. The van der Waals surface area contributed by atoms with Crippen molar-refractivity contribution in [3.63, 3.8) is 0 Å². The fraction of sp³-hybridized carbons (Fsp3) is 0.429. The third-order valence-corrected chi connectivity index (χ3v) is 2.84. The highest BCUT2D eigenvalue weighted by atomic mass is 16.5. The van der Waals surface area contributed by atoms with Gasteiger partial charge >= 0.3 is 6.03 Å². The molecular weight excluding hydrogens is 274 g/mol. The second kappa shape index (κ2) is 8.80. The van der Waals surface area contributed by atoms with E-state index >= 15 is 0 Å². The number of hydrogen-bond acceptors (Lipinski definition) is 5. The van der Waals surface area contributed by atoms with Gasteiger partial charge in [0.1, 0.15) is 0 Å². The fourth-order valence-corrected chi connectivity index (χ4v) is 1.59. The van der Waals surface area contributed by atoms with Crippen molar-refractivity contribution in [2.24, 2.45) is 5.10 Å². The van der Waals surface area contributed by atoms with Crippen molar-refractivity contribution in [3.8, 4) is 11.5 Å². The topological polar surface area (TPSA) is 92.2 Å². The normalized spacial score (nSPS) is 12.0. The second-order valence-corrected chi connectivity index (χ2v) is 4.25. The number of carbonyl (C=O) groups excluding carboxylic acids is 1. The molecule has 0 spiro atoms. The molecule has 1 unspecified atom stereocenters. The molecule has 7 heteroatoms. The van der Waals surface area contributed by atoms with Crippen LogP contribution in [0.15, 0.2) is 23.3 Å². The van der Waals surface area contributed by atoms with Gasteiger partial charge in [-0.3, -0.25) is 0 Å². The van der Waals surface area contributed by atoms with Crippen molar-refractivity contribution in [1.82, 2.24) is 10.7 Å². The number of carbonyl (C=O) groups is 1. The lowest BCUT2D eigenvalue weighted by Crippen LogP contribution is -2.41. The Kier molecular flexibility index (Phi) is 7.03. The number of rotatable bonds is 7. The van der Waals surface area contributed by atoms with Crippen LogP contribution >= 0.6 is 0 Å². The third-order valence-electron chi connectivity index (χ3n) is 2.84. The third kappa shape index (κ3) is 5.31. The number of hydrogen-bond donors (Lipinski definition) is 3. The molecule has 1 aromatic rings. The maximum atomic E-state index is 11.5. The summed E-state index contributed by atoms with van der Waals surface area (Å²) in [4.78, 5) is 11.5. The van der Waals surface area contributed by atoms with Crippen LogP contribution in [0, 0.1) is 0 Å². The van der Waals surface area contributed by atoms with Gasteiger partial charge in [0.15, 0.2) is 11.5 Å². The zero-order valence-electron chi connectivity index (χ0n) is 12.4. The Balaban J connectivity index is 2.59. The summed E-state index contributed by atoms with van der Waals surface area (Å²) in [6, 6.07) is 4.53. The SMILES string of the molecule is CCC(CO)NC(=O)NN=Cc1ccc(OC)c(OC)c1. The average molecular weight is 295 g/mol. The number of aliphatic hydroxyl groups excluding tert-OH is 1. The van der Waals surface area contributed by atoms with Gasteiger partial charge in [-0.1, -0.05) is 6.92 Å². The quantitative estimate of drug-likeness (QED) is 0.519. The molecule has 0 saturated heterocycles. The molecule has 2 amide bonds. The van der Waals surface area contributed by atoms with Crippen LogP contribution in [-0.4, -0.2) is 44.2 Å². The van der Waals surface area contributed by atoms with Crippen LogP contribution in [0.25, 0.3) is 0 Å². The average Bonchev–Trinajstić information content (AvgIpc) is 2.52. The summed E-state index contributed by atoms with van der Waals surface area (Å²) < 4.78 is 10.3. The maximum absolute atomic E-state index is 11.5. The van der Waals surface area contributed by atoms with E-state index in [9.17, 15) is 4.79 Å². The highest BCUT2D eigenvalue weighted by Crippen LogP contribution is 2.26. The van der Waals surface area contributed by atoms with Crippen LogP contribution in [0.1, 0.15) is 18.9 Å².